The van der Waals surface area contributed by atoms with Crippen LogP contribution in [0.1, 0.15) is 50.2 Å². The summed E-state index contributed by atoms with van der Waals surface area (Å²) < 4.78 is 0. The van der Waals surface area contributed by atoms with Crippen molar-refractivity contribution in [2.75, 3.05) is 13.1 Å². The number of likely N-dealkylation sites (tertiary alicyclic amines) is 1. The molecule has 1 aromatic carbocycles. The molecular weight excluding hydrogens is 234 g/mol. The van der Waals surface area contributed by atoms with Crippen molar-refractivity contribution in [2.24, 2.45) is 5.92 Å². The van der Waals surface area contributed by atoms with Gasteiger partial charge < -0.3 is 5.11 Å². The van der Waals surface area contributed by atoms with Gasteiger partial charge in [0.1, 0.15) is 0 Å². The highest BCUT2D eigenvalue weighted by atomic mass is 16.3. The molecule has 0 radical (unpaired) electrons. The Morgan fingerprint density at radius 2 is 1.84 bits per heavy atom. The van der Waals surface area contributed by atoms with Crippen LogP contribution in [-0.2, 0) is 13.2 Å². The van der Waals surface area contributed by atoms with E-state index in [0.29, 0.717) is 0 Å². The van der Waals surface area contributed by atoms with Crippen LogP contribution in [0.15, 0.2) is 24.3 Å². The smallest absolute Gasteiger partial charge is 0.0681 e. The largest absolute Gasteiger partial charge is 0.392 e. The molecule has 1 unspecified atom stereocenters. The third-order valence-electron chi connectivity index (χ3n) is 4.25. The normalized spacial score (nSPS) is 21.3. The Morgan fingerprint density at radius 1 is 1.11 bits per heavy atom. The van der Waals surface area contributed by atoms with Gasteiger partial charge in [-0.15, -0.1) is 0 Å². The van der Waals surface area contributed by atoms with Crippen molar-refractivity contribution in [1.29, 1.82) is 0 Å². The minimum atomic E-state index is 0.142. The highest BCUT2D eigenvalue weighted by molar-refractivity contribution is 5.21. The molecule has 0 amide bonds. The summed E-state index contributed by atoms with van der Waals surface area (Å²) in [6, 6.07) is 8.38. The predicted octanol–water partition coefficient (Wildman–Crippen LogP) is 3.58. The number of benzene rings is 1. The second-order valence-corrected chi connectivity index (χ2v) is 5.84. The molecule has 1 aliphatic rings. The van der Waals surface area contributed by atoms with Crippen LogP contribution in [-0.4, -0.2) is 23.1 Å². The molecule has 1 heterocycles. The van der Waals surface area contributed by atoms with Crippen molar-refractivity contribution in [3.05, 3.63) is 35.4 Å². The zero-order valence-electron chi connectivity index (χ0n) is 12.1. The van der Waals surface area contributed by atoms with E-state index >= 15 is 0 Å². The standard InChI is InChI=1S/C17H27NO/c1-2-4-15-5-3-11-18(12-10-15)13-16-6-8-17(14-19)9-7-16/h6-9,15,19H,2-5,10-14H2,1H3. The number of aliphatic hydroxyl groups excluding tert-OH is 1. The first-order chi connectivity index (χ1) is 9.31. The van der Waals surface area contributed by atoms with Gasteiger partial charge in [0.25, 0.3) is 0 Å². The average molecular weight is 261 g/mol. The van der Waals surface area contributed by atoms with E-state index in [1.54, 1.807) is 0 Å². The summed E-state index contributed by atoms with van der Waals surface area (Å²) in [6.07, 6.45) is 6.85. The molecule has 0 saturated carbocycles. The Hall–Kier alpha value is -0.860. The molecular formula is C17H27NO. The van der Waals surface area contributed by atoms with E-state index in [0.717, 1.165) is 18.0 Å². The molecule has 1 N–H and O–H groups in total. The maximum atomic E-state index is 9.06. The summed E-state index contributed by atoms with van der Waals surface area (Å²) in [5.41, 5.74) is 2.37. The first kappa shape index (κ1) is 14.5. The molecule has 0 bridgehead atoms. The highest BCUT2D eigenvalue weighted by Crippen LogP contribution is 2.22. The molecule has 0 aliphatic carbocycles. The molecule has 2 heteroatoms. The van der Waals surface area contributed by atoms with Gasteiger partial charge in [-0.3, -0.25) is 4.90 Å². The minimum Gasteiger partial charge on any atom is -0.392 e. The van der Waals surface area contributed by atoms with E-state index in [9.17, 15) is 0 Å². The summed E-state index contributed by atoms with van der Waals surface area (Å²) in [6.45, 7) is 5.98. The fourth-order valence-electron chi connectivity index (χ4n) is 3.09. The molecule has 1 aromatic rings. The summed E-state index contributed by atoms with van der Waals surface area (Å²) >= 11 is 0. The molecule has 2 nitrogen and oxygen atoms in total. The Bertz CT molecular complexity index is 360. The Morgan fingerprint density at radius 3 is 2.53 bits per heavy atom. The fraction of sp³-hybridized carbons (Fsp3) is 0.647. The van der Waals surface area contributed by atoms with E-state index in [1.807, 2.05) is 12.1 Å². The van der Waals surface area contributed by atoms with Gasteiger partial charge in [0, 0.05) is 6.54 Å². The number of aliphatic hydroxyl groups is 1. The van der Waals surface area contributed by atoms with Gasteiger partial charge in [-0.2, -0.15) is 0 Å². The van der Waals surface area contributed by atoms with Gasteiger partial charge in [0.2, 0.25) is 0 Å². The zero-order chi connectivity index (χ0) is 13.5. The fourth-order valence-corrected chi connectivity index (χ4v) is 3.09. The lowest BCUT2D eigenvalue weighted by Crippen LogP contribution is -2.24. The minimum absolute atomic E-state index is 0.142. The second-order valence-electron chi connectivity index (χ2n) is 5.84. The van der Waals surface area contributed by atoms with Crippen molar-refractivity contribution in [1.82, 2.24) is 4.90 Å². The summed E-state index contributed by atoms with van der Waals surface area (Å²) in [5.74, 6) is 0.951. The van der Waals surface area contributed by atoms with Gasteiger partial charge in [0.15, 0.2) is 0 Å². The van der Waals surface area contributed by atoms with Crippen molar-refractivity contribution < 1.29 is 5.11 Å². The quantitative estimate of drug-likeness (QED) is 0.875. The Kier molecular flexibility index (Phi) is 5.87. The predicted molar refractivity (Wildman–Crippen MR) is 79.9 cm³/mol. The van der Waals surface area contributed by atoms with Crippen molar-refractivity contribution in [3.8, 4) is 0 Å². The Balaban J connectivity index is 1.84. The third-order valence-corrected chi connectivity index (χ3v) is 4.25. The lowest BCUT2D eigenvalue weighted by Gasteiger charge is -2.20. The van der Waals surface area contributed by atoms with Crippen LogP contribution in [0.4, 0.5) is 0 Å². The maximum Gasteiger partial charge on any atom is 0.0681 e. The molecule has 1 saturated heterocycles. The van der Waals surface area contributed by atoms with Gasteiger partial charge in [-0.05, 0) is 49.4 Å². The van der Waals surface area contributed by atoms with Crippen LogP contribution in [0, 0.1) is 5.92 Å². The molecule has 19 heavy (non-hydrogen) atoms. The summed E-state index contributed by atoms with van der Waals surface area (Å²) in [4.78, 5) is 2.59. The molecule has 0 aromatic heterocycles. The van der Waals surface area contributed by atoms with Crippen molar-refractivity contribution in [3.63, 3.8) is 0 Å². The molecule has 2 rings (SSSR count). The monoisotopic (exact) mass is 261 g/mol. The third kappa shape index (κ3) is 4.63. The van der Waals surface area contributed by atoms with Crippen LogP contribution in [0.5, 0.6) is 0 Å². The highest BCUT2D eigenvalue weighted by Gasteiger charge is 2.16. The van der Waals surface area contributed by atoms with E-state index in [2.05, 4.69) is 24.0 Å². The first-order valence-corrected chi connectivity index (χ1v) is 7.73. The zero-order valence-corrected chi connectivity index (χ0v) is 12.1. The SMILES string of the molecule is CCCC1CCCN(Cc2ccc(CO)cc2)CC1. The molecule has 106 valence electrons. The van der Waals surface area contributed by atoms with Gasteiger partial charge in [-0.1, -0.05) is 44.0 Å². The lowest BCUT2D eigenvalue weighted by molar-refractivity contribution is 0.270. The van der Waals surface area contributed by atoms with Crippen LogP contribution >= 0.6 is 0 Å². The first-order valence-electron chi connectivity index (χ1n) is 7.73. The average Bonchev–Trinajstić information content (AvgIpc) is 2.66. The Labute approximate surface area is 117 Å². The molecule has 0 spiro atoms. The van der Waals surface area contributed by atoms with E-state index in [-0.39, 0.29) is 6.61 Å². The van der Waals surface area contributed by atoms with E-state index in [1.165, 1.54) is 50.8 Å². The number of hydrogen-bond donors (Lipinski definition) is 1. The molecule has 1 aliphatic heterocycles. The van der Waals surface area contributed by atoms with Crippen molar-refractivity contribution >= 4 is 0 Å². The number of rotatable bonds is 5. The van der Waals surface area contributed by atoms with Crippen LogP contribution in [0.2, 0.25) is 0 Å². The summed E-state index contributed by atoms with van der Waals surface area (Å²) in [7, 11) is 0. The number of nitrogens with zero attached hydrogens (tertiary/aromatic N) is 1. The lowest BCUT2D eigenvalue weighted by atomic mass is 9.96. The molecule has 1 atom stereocenters. The number of hydrogen-bond acceptors (Lipinski definition) is 2. The second kappa shape index (κ2) is 7.66. The van der Waals surface area contributed by atoms with Crippen LogP contribution in [0.3, 0.4) is 0 Å². The maximum absolute atomic E-state index is 9.06. The van der Waals surface area contributed by atoms with E-state index < -0.39 is 0 Å². The molecule has 1 fully saturated rings. The van der Waals surface area contributed by atoms with Crippen LogP contribution in [0.25, 0.3) is 0 Å². The van der Waals surface area contributed by atoms with Crippen molar-refractivity contribution in [2.45, 2.75) is 52.2 Å². The summed E-state index contributed by atoms with van der Waals surface area (Å²) in [5, 5.41) is 9.06. The van der Waals surface area contributed by atoms with Crippen LogP contribution < -0.4 is 0 Å². The van der Waals surface area contributed by atoms with E-state index in [4.69, 9.17) is 5.11 Å². The van der Waals surface area contributed by atoms with Gasteiger partial charge in [0.05, 0.1) is 6.61 Å². The van der Waals surface area contributed by atoms with Gasteiger partial charge >= 0.3 is 0 Å². The topological polar surface area (TPSA) is 23.5 Å². The van der Waals surface area contributed by atoms with Gasteiger partial charge in [-0.25, -0.2) is 0 Å².